The van der Waals surface area contributed by atoms with Crippen molar-refractivity contribution in [2.75, 3.05) is 20.8 Å². The van der Waals surface area contributed by atoms with E-state index in [-0.39, 0.29) is 12.1 Å². The molecule has 2 aromatic heterocycles. The second kappa shape index (κ2) is 6.77. The molecule has 23 heavy (non-hydrogen) atoms. The Morgan fingerprint density at radius 2 is 2.13 bits per heavy atom. The maximum Gasteiger partial charge on any atom is 0.240 e. The van der Waals surface area contributed by atoms with E-state index < -0.39 is 0 Å². The smallest absolute Gasteiger partial charge is 0.240 e. The minimum absolute atomic E-state index is 0.158. The van der Waals surface area contributed by atoms with Crippen LogP contribution < -0.4 is 0 Å². The van der Waals surface area contributed by atoms with E-state index in [9.17, 15) is 0 Å². The fourth-order valence-corrected chi connectivity index (χ4v) is 2.94. The van der Waals surface area contributed by atoms with Crippen molar-refractivity contribution >= 4 is 0 Å². The van der Waals surface area contributed by atoms with Gasteiger partial charge in [0.05, 0.1) is 24.4 Å². The van der Waals surface area contributed by atoms with Crippen LogP contribution >= 0.6 is 0 Å². The molecule has 8 heteroatoms. The molecule has 1 saturated heterocycles. The Labute approximate surface area is 135 Å². The van der Waals surface area contributed by atoms with Gasteiger partial charge in [0.1, 0.15) is 12.4 Å². The average Bonchev–Trinajstić information content (AvgIpc) is 3.21. The lowest BCUT2D eigenvalue weighted by Crippen LogP contribution is -2.25. The van der Waals surface area contributed by atoms with Gasteiger partial charge in [-0.1, -0.05) is 5.16 Å². The van der Waals surface area contributed by atoms with Crippen LogP contribution in [0.5, 0.6) is 0 Å². The number of rotatable bonds is 6. The van der Waals surface area contributed by atoms with Crippen molar-refractivity contribution < 1.29 is 14.0 Å². The van der Waals surface area contributed by atoms with Crippen LogP contribution in [-0.4, -0.2) is 51.9 Å². The van der Waals surface area contributed by atoms with Gasteiger partial charge in [-0.15, -0.1) is 0 Å². The highest BCUT2D eigenvalue weighted by Crippen LogP contribution is 2.33. The zero-order chi connectivity index (χ0) is 16.4. The minimum Gasteiger partial charge on any atom is -0.380 e. The molecule has 8 nitrogen and oxygen atoms in total. The summed E-state index contributed by atoms with van der Waals surface area (Å²) >= 11 is 0. The molecule has 0 unspecified atom stereocenters. The van der Waals surface area contributed by atoms with Crippen molar-refractivity contribution in [2.24, 2.45) is 0 Å². The molecule has 2 aromatic rings. The SMILES string of the molecule is COCc1noc(CN2C[C@H](OC)C[C@H]2c2nc(C)c(C)[nH]2)n1. The molecule has 126 valence electrons. The summed E-state index contributed by atoms with van der Waals surface area (Å²) in [6, 6.07) is 0.158. The summed E-state index contributed by atoms with van der Waals surface area (Å²) in [7, 11) is 3.35. The lowest BCUT2D eigenvalue weighted by atomic mass is 10.2. The van der Waals surface area contributed by atoms with E-state index in [1.807, 2.05) is 13.8 Å². The Kier molecular flexibility index (Phi) is 4.74. The molecule has 0 saturated carbocycles. The number of nitrogens with zero attached hydrogens (tertiary/aromatic N) is 4. The quantitative estimate of drug-likeness (QED) is 0.862. The average molecular weight is 321 g/mol. The van der Waals surface area contributed by atoms with Crippen LogP contribution in [0.25, 0.3) is 0 Å². The standard InChI is InChI=1S/C15H23N5O3/c1-9-10(2)17-15(16-9)12-5-11(22-4)6-20(12)7-14-18-13(8-21-3)19-23-14/h11-12H,5-8H2,1-4H3,(H,16,17)/t11-,12+/m1/s1. The largest absolute Gasteiger partial charge is 0.380 e. The van der Waals surface area contributed by atoms with Crippen molar-refractivity contribution in [1.29, 1.82) is 0 Å². The van der Waals surface area contributed by atoms with Gasteiger partial charge in [-0.25, -0.2) is 4.98 Å². The highest BCUT2D eigenvalue weighted by atomic mass is 16.5. The van der Waals surface area contributed by atoms with Gasteiger partial charge in [-0.05, 0) is 20.3 Å². The second-order valence-electron chi connectivity index (χ2n) is 5.91. The number of aromatic amines is 1. The number of H-pyrrole nitrogens is 1. The van der Waals surface area contributed by atoms with Crippen LogP contribution in [0.1, 0.15) is 41.4 Å². The highest BCUT2D eigenvalue weighted by molar-refractivity contribution is 5.14. The summed E-state index contributed by atoms with van der Waals surface area (Å²) in [5, 5.41) is 3.91. The minimum atomic E-state index is 0.158. The lowest BCUT2D eigenvalue weighted by molar-refractivity contribution is 0.105. The fraction of sp³-hybridized carbons (Fsp3) is 0.667. The number of hydrogen-bond donors (Lipinski definition) is 1. The van der Waals surface area contributed by atoms with Crippen LogP contribution in [0, 0.1) is 13.8 Å². The predicted molar refractivity (Wildman–Crippen MR) is 81.6 cm³/mol. The first kappa shape index (κ1) is 16.1. The molecule has 0 aliphatic carbocycles. The number of ether oxygens (including phenoxy) is 2. The molecule has 0 bridgehead atoms. The molecule has 1 aliphatic rings. The number of methoxy groups -OCH3 is 2. The molecule has 0 radical (unpaired) electrons. The van der Waals surface area contributed by atoms with Gasteiger partial charge in [-0.3, -0.25) is 4.90 Å². The van der Waals surface area contributed by atoms with Crippen molar-refractivity contribution in [3.63, 3.8) is 0 Å². The summed E-state index contributed by atoms with van der Waals surface area (Å²) in [4.78, 5) is 14.6. The van der Waals surface area contributed by atoms with E-state index in [0.717, 1.165) is 30.2 Å². The molecule has 1 aliphatic heterocycles. The first-order chi connectivity index (χ1) is 11.1. The zero-order valence-electron chi connectivity index (χ0n) is 14.0. The second-order valence-corrected chi connectivity index (χ2v) is 5.91. The third kappa shape index (κ3) is 3.44. The molecule has 1 N–H and O–H groups in total. The fourth-order valence-electron chi connectivity index (χ4n) is 2.94. The molecule has 2 atom stereocenters. The van der Waals surface area contributed by atoms with E-state index in [0.29, 0.717) is 24.9 Å². The number of hydrogen-bond acceptors (Lipinski definition) is 7. The van der Waals surface area contributed by atoms with Gasteiger partial charge in [0.2, 0.25) is 5.89 Å². The monoisotopic (exact) mass is 321 g/mol. The summed E-state index contributed by atoms with van der Waals surface area (Å²) in [5.74, 6) is 2.11. The van der Waals surface area contributed by atoms with Crippen molar-refractivity contribution in [2.45, 2.75) is 45.6 Å². The molecule has 0 amide bonds. The van der Waals surface area contributed by atoms with Crippen LogP contribution in [-0.2, 0) is 22.6 Å². The van der Waals surface area contributed by atoms with Crippen molar-refractivity contribution in [3.05, 3.63) is 28.9 Å². The molecule has 1 fully saturated rings. The Hall–Kier alpha value is -1.77. The van der Waals surface area contributed by atoms with Gasteiger partial charge in [0.25, 0.3) is 0 Å². The summed E-state index contributed by atoms with van der Waals surface area (Å²) in [5.41, 5.74) is 2.13. The first-order valence-electron chi connectivity index (χ1n) is 7.71. The van der Waals surface area contributed by atoms with Crippen LogP contribution in [0.4, 0.5) is 0 Å². The third-order valence-corrected chi connectivity index (χ3v) is 4.28. The van der Waals surface area contributed by atoms with Crippen molar-refractivity contribution in [1.82, 2.24) is 25.0 Å². The predicted octanol–water partition coefficient (Wildman–Crippen LogP) is 1.52. The molecule has 3 heterocycles. The third-order valence-electron chi connectivity index (χ3n) is 4.28. The Morgan fingerprint density at radius 3 is 2.78 bits per heavy atom. The van der Waals surface area contributed by atoms with Gasteiger partial charge in [-0.2, -0.15) is 4.98 Å². The highest BCUT2D eigenvalue weighted by Gasteiger charge is 2.36. The first-order valence-corrected chi connectivity index (χ1v) is 7.71. The van der Waals surface area contributed by atoms with Gasteiger partial charge < -0.3 is 19.0 Å². The Bertz CT molecular complexity index is 634. The van der Waals surface area contributed by atoms with E-state index in [2.05, 4.69) is 25.0 Å². The van der Waals surface area contributed by atoms with Crippen molar-refractivity contribution in [3.8, 4) is 0 Å². The van der Waals surface area contributed by atoms with Crippen LogP contribution in [0.2, 0.25) is 0 Å². The maximum atomic E-state index is 5.54. The normalized spacial score (nSPS) is 22.1. The lowest BCUT2D eigenvalue weighted by Gasteiger charge is -2.20. The number of aromatic nitrogens is 4. The zero-order valence-corrected chi connectivity index (χ0v) is 14.0. The Balaban J connectivity index is 1.76. The van der Waals surface area contributed by atoms with Gasteiger partial charge in [0, 0.05) is 26.5 Å². The van der Waals surface area contributed by atoms with Gasteiger partial charge >= 0.3 is 0 Å². The van der Waals surface area contributed by atoms with Crippen LogP contribution in [0.3, 0.4) is 0 Å². The molecule has 0 spiro atoms. The van der Waals surface area contributed by atoms with E-state index in [1.165, 1.54) is 0 Å². The van der Waals surface area contributed by atoms with Crippen LogP contribution in [0.15, 0.2) is 4.52 Å². The number of nitrogens with one attached hydrogen (secondary N) is 1. The number of likely N-dealkylation sites (tertiary alicyclic amines) is 1. The summed E-state index contributed by atoms with van der Waals surface area (Å²) < 4.78 is 15.9. The van der Waals surface area contributed by atoms with E-state index in [4.69, 9.17) is 14.0 Å². The van der Waals surface area contributed by atoms with E-state index in [1.54, 1.807) is 14.2 Å². The summed E-state index contributed by atoms with van der Waals surface area (Å²) in [6.07, 6.45) is 1.06. The summed E-state index contributed by atoms with van der Waals surface area (Å²) in [6.45, 7) is 5.78. The van der Waals surface area contributed by atoms with Gasteiger partial charge in [0.15, 0.2) is 5.82 Å². The number of imidazole rings is 1. The maximum absolute atomic E-state index is 5.54. The molecular formula is C15H23N5O3. The Morgan fingerprint density at radius 1 is 1.30 bits per heavy atom. The molecular weight excluding hydrogens is 298 g/mol. The molecule has 3 rings (SSSR count). The van der Waals surface area contributed by atoms with E-state index >= 15 is 0 Å². The molecule has 0 aromatic carbocycles. The number of aryl methyl sites for hydroxylation is 2. The topological polar surface area (TPSA) is 89.3 Å².